The molecular weight excluding hydrogens is 708 g/mol. The SMILES string of the molecule is CCCCCCCCCCCC(F)(F)c1c2cc(Br)sc2c(C(F)(F)CCCCCCCCCCC)c2cc(Br)sc12. The van der Waals surface area contributed by atoms with Gasteiger partial charge in [0.25, 0.3) is 11.8 Å². The number of thiophene rings is 2. The number of alkyl halides is 4. The second-order valence-corrected chi connectivity index (χ2v) is 16.8. The summed E-state index contributed by atoms with van der Waals surface area (Å²) < 4.78 is 65.8. The first-order valence-corrected chi connectivity index (χ1v) is 19.4. The fourth-order valence-electron chi connectivity index (χ4n) is 6.00. The van der Waals surface area contributed by atoms with Crippen molar-refractivity contribution >= 4 is 74.7 Å². The van der Waals surface area contributed by atoms with Crippen LogP contribution in [0.25, 0.3) is 20.2 Å². The highest BCUT2D eigenvalue weighted by molar-refractivity contribution is 9.11. The first-order chi connectivity index (χ1) is 20.1. The van der Waals surface area contributed by atoms with Crippen LogP contribution < -0.4 is 0 Å². The zero-order valence-corrected chi connectivity index (χ0v) is 30.2. The van der Waals surface area contributed by atoms with Gasteiger partial charge in [-0.15, -0.1) is 22.7 Å². The van der Waals surface area contributed by atoms with Crippen LogP contribution in [0.4, 0.5) is 17.6 Å². The Labute approximate surface area is 275 Å². The molecule has 238 valence electrons. The van der Waals surface area contributed by atoms with Crippen LogP contribution in [0.15, 0.2) is 19.7 Å². The molecule has 3 aromatic rings. The fourth-order valence-corrected chi connectivity index (χ4v) is 9.44. The lowest BCUT2D eigenvalue weighted by atomic mass is 9.91. The second kappa shape index (κ2) is 18.1. The minimum atomic E-state index is -3.09. The quantitative estimate of drug-likeness (QED) is 0.0707. The van der Waals surface area contributed by atoms with Crippen LogP contribution in [-0.2, 0) is 11.8 Å². The molecule has 0 spiro atoms. The Hall–Kier alpha value is -0.180. The first-order valence-electron chi connectivity index (χ1n) is 16.2. The van der Waals surface area contributed by atoms with E-state index in [1.807, 2.05) is 0 Å². The smallest absolute Gasteiger partial charge is 0.201 e. The van der Waals surface area contributed by atoms with Crippen LogP contribution >= 0.6 is 54.5 Å². The van der Waals surface area contributed by atoms with E-state index in [2.05, 4.69) is 45.7 Å². The molecule has 0 N–H and O–H groups in total. The van der Waals surface area contributed by atoms with Gasteiger partial charge in [0, 0.05) is 44.1 Å². The molecule has 0 radical (unpaired) electrons. The maximum atomic E-state index is 16.0. The lowest BCUT2D eigenvalue weighted by Gasteiger charge is -2.23. The van der Waals surface area contributed by atoms with E-state index in [1.54, 1.807) is 12.1 Å². The van der Waals surface area contributed by atoms with E-state index in [9.17, 15) is 0 Å². The molecule has 1 aromatic carbocycles. The van der Waals surface area contributed by atoms with Crippen molar-refractivity contribution in [1.29, 1.82) is 0 Å². The number of unbranched alkanes of at least 4 members (excludes halogenated alkanes) is 16. The average molecular weight is 757 g/mol. The number of halogens is 6. The third-order valence-electron chi connectivity index (χ3n) is 8.32. The van der Waals surface area contributed by atoms with E-state index in [0.29, 0.717) is 29.8 Å². The molecule has 0 aliphatic carbocycles. The molecule has 0 aliphatic heterocycles. The number of benzene rings is 1. The molecule has 0 bridgehead atoms. The first kappa shape index (κ1) is 36.3. The number of hydrogen-bond donors (Lipinski definition) is 0. The van der Waals surface area contributed by atoms with Crippen molar-refractivity contribution in [3.63, 3.8) is 0 Å². The summed E-state index contributed by atoms with van der Waals surface area (Å²) in [6.07, 6.45) is 18.2. The van der Waals surface area contributed by atoms with E-state index >= 15 is 17.6 Å². The predicted molar refractivity (Wildman–Crippen MR) is 184 cm³/mol. The van der Waals surface area contributed by atoms with E-state index < -0.39 is 11.8 Å². The van der Waals surface area contributed by atoms with Gasteiger partial charge in [0.05, 0.1) is 7.57 Å². The average Bonchev–Trinajstić information content (AvgIpc) is 3.49. The van der Waals surface area contributed by atoms with Gasteiger partial charge in [-0.05, 0) is 56.8 Å². The van der Waals surface area contributed by atoms with Gasteiger partial charge in [-0.25, -0.2) is 17.6 Å². The lowest BCUT2D eigenvalue weighted by molar-refractivity contribution is -0.0153. The molecule has 0 nitrogen and oxygen atoms in total. The van der Waals surface area contributed by atoms with Crippen LogP contribution in [0, 0.1) is 0 Å². The van der Waals surface area contributed by atoms with Gasteiger partial charge in [0.15, 0.2) is 0 Å². The molecule has 0 atom stereocenters. The van der Waals surface area contributed by atoms with Crippen molar-refractivity contribution in [2.45, 2.75) is 154 Å². The summed E-state index contributed by atoms with van der Waals surface area (Å²) in [4.78, 5) is 0. The van der Waals surface area contributed by atoms with E-state index in [4.69, 9.17) is 0 Å². The van der Waals surface area contributed by atoms with E-state index in [-0.39, 0.29) is 34.7 Å². The summed E-state index contributed by atoms with van der Waals surface area (Å²) in [5.74, 6) is -6.18. The van der Waals surface area contributed by atoms with Crippen LogP contribution in [0.3, 0.4) is 0 Å². The predicted octanol–water partition coefficient (Wildman–Crippen LogP) is 15.7. The zero-order valence-electron chi connectivity index (χ0n) is 25.4. The Morgan fingerprint density at radius 2 is 0.786 bits per heavy atom. The van der Waals surface area contributed by atoms with Crippen LogP contribution in [0.1, 0.15) is 153 Å². The molecular formula is C34H48Br2F4S2. The molecule has 2 aromatic heterocycles. The highest BCUT2D eigenvalue weighted by Crippen LogP contribution is 2.54. The molecule has 3 rings (SSSR count). The summed E-state index contributed by atoms with van der Waals surface area (Å²) in [6, 6.07) is 3.26. The van der Waals surface area contributed by atoms with Gasteiger partial charge >= 0.3 is 0 Å². The lowest BCUT2D eigenvalue weighted by Crippen LogP contribution is -2.18. The third-order valence-corrected chi connectivity index (χ3v) is 11.6. The van der Waals surface area contributed by atoms with Crippen molar-refractivity contribution in [3.8, 4) is 0 Å². The summed E-state index contributed by atoms with van der Waals surface area (Å²) in [5, 5.41) is 0.549. The van der Waals surface area contributed by atoms with Crippen molar-refractivity contribution in [1.82, 2.24) is 0 Å². The Kier molecular flexibility index (Phi) is 15.6. The van der Waals surface area contributed by atoms with Gasteiger partial charge in [0.1, 0.15) is 0 Å². The van der Waals surface area contributed by atoms with Crippen molar-refractivity contribution in [2.75, 3.05) is 0 Å². The molecule has 0 saturated carbocycles. The van der Waals surface area contributed by atoms with Gasteiger partial charge < -0.3 is 0 Å². The molecule has 0 saturated heterocycles. The molecule has 0 fully saturated rings. The van der Waals surface area contributed by atoms with Crippen LogP contribution in [-0.4, -0.2) is 0 Å². The molecule has 0 aliphatic rings. The monoisotopic (exact) mass is 754 g/mol. The van der Waals surface area contributed by atoms with Crippen LogP contribution in [0.5, 0.6) is 0 Å². The highest BCUT2D eigenvalue weighted by atomic mass is 79.9. The topological polar surface area (TPSA) is 0 Å². The molecule has 42 heavy (non-hydrogen) atoms. The van der Waals surface area contributed by atoms with Crippen molar-refractivity contribution in [3.05, 3.63) is 30.8 Å². The number of rotatable bonds is 22. The minimum Gasteiger partial charge on any atom is -0.201 e. The molecule has 2 heterocycles. The summed E-state index contributed by atoms with van der Waals surface area (Å²) in [7, 11) is 0. The Morgan fingerprint density at radius 3 is 1.10 bits per heavy atom. The highest BCUT2D eigenvalue weighted by Gasteiger charge is 2.42. The zero-order chi connectivity index (χ0) is 30.6. The third kappa shape index (κ3) is 10.4. The second-order valence-electron chi connectivity index (χ2n) is 11.9. The number of hydrogen-bond acceptors (Lipinski definition) is 2. The molecule has 0 amide bonds. The van der Waals surface area contributed by atoms with Gasteiger partial charge in [-0.2, -0.15) is 0 Å². The molecule has 0 unspecified atom stereocenters. The Bertz CT molecular complexity index is 1070. The minimum absolute atomic E-state index is 0.0765. The standard InChI is InChI=1S/C34H48Br2F4S2/c1-3-5-7-9-11-13-15-17-19-21-33(37,38)29-25-23-27(35)42-32(25)30(26-24-28(36)41-31(26)29)34(39,40)22-20-18-16-14-12-10-8-6-4-2/h23-24H,3-22H2,1-2H3. The maximum absolute atomic E-state index is 16.0. The molecule has 8 heteroatoms. The largest absolute Gasteiger partial charge is 0.275 e. The Balaban J connectivity index is 1.73. The summed E-state index contributed by atoms with van der Waals surface area (Å²) >= 11 is 9.17. The Morgan fingerprint density at radius 1 is 0.500 bits per heavy atom. The summed E-state index contributed by atoms with van der Waals surface area (Å²) in [6.45, 7) is 4.40. The van der Waals surface area contributed by atoms with Gasteiger partial charge in [-0.1, -0.05) is 117 Å². The van der Waals surface area contributed by atoms with E-state index in [1.165, 1.54) is 64.2 Å². The van der Waals surface area contributed by atoms with Gasteiger partial charge in [0.2, 0.25) is 0 Å². The van der Waals surface area contributed by atoms with E-state index in [0.717, 1.165) is 61.2 Å². The van der Waals surface area contributed by atoms with Crippen LogP contribution in [0.2, 0.25) is 0 Å². The van der Waals surface area contributed by atoms with Crippen molar-refractivity contribution in [2.24, 2.45) is 0 Å². The normalized spacial score (nSPS) is 12.8. The number of fused-ring (bicyclic) bond motifs is 2. The fraction of sp³-hybridized carbons (Fsp3) is 0.706. The van der Waals surface area contributed by atoms with Crippen molar-refractivity contribution < 1.29 is 17.6 Å². The summed E-state index contributed by atoms with van der Waals surface area (Å²) in [5.41, 5.74) is -0.153. The maximum Gasteiger partial charge on any atom is 0.275 e. The van der Waals surface area contributed by atoms with Gasteiger partial charge in [-0.3, -0.25) is 0 Å².